The molecule has 1 aliphatic heterocycles. The Morgan fingerprint density at radius 2 is 2.19 bits per heavy atom. The highest BCUT2D eigenvalue weighted by Gasteiger charge is 2.43. The molecule has 0 unspecified atom stereocenters. The summed E-state index contributed by atoms with van der Waals surface area (Å²) in [6.45, 7) is 12.8. The molecule has 27 heavy (non-hydrogen) atoms. The molecule has 0 spiro atoms. The van der Waals surface area contributed by atoms with Gasteiger partial charge < -0.3 is 9.72 Å². The summed E-state index contributed by atoms with van der Waals surface area (Å²) in [5.74, 6) is 0. The molecule has 148 valence electrons. The molecule has 1 aliphatic rings. The molecule has 2 aromatic heterocycles. The van der Waals surface area contributed by atoms with Crippen LogP contribution in [0.15, 0.2) is 35.5 Å². The van der Waals surface area contributed by atoms with Gasteiger partial charge in [-0.1, -0.05) is 6.07 Å². The van der Waals surface area contributed by atoms with Crippen molar-refractivity contribution in [3.8, 4) is 0 Å². The maximum atomic E-state index is 11.8. The minimum absolute atomic E-state index is 0.0394. The van der Waals surface area contributed by atoms with E-state index < -0.39 is 0 Å². The van der Waals surface area contributed by atoms with Crippen molar-refractivity contribution in [1.29, 1.82) is 0 Å². The number of ether oxygens (including phenoxy) is 1. The lowest BCUT2D eigenvalue weighted by atomic mass is 9.84. The van der Waals surface area contributed by atoms with Crippen molar-refractivity contribution in [1.82, 2.24) is 19.4 Å². The first-order chi connectivity index (χ1) is 12.9. The van der Waals surface area contributed by atoms with Crippen LogP contribution in [-0.2, 0) is 16.8 Å². The van der Waals surface area contributed by atoms with Crippen molar-refractivity contribution >= 4 is 0 Å². The van der Waals surface area contributed by atoms with E-state index in [2.05, 4.69) is 40.8 Å². The van der Waals surface area contributed by atoms with Gasteiger partial charge in [0.15, 0.2) is 0 Å². The molecule has 0 aromatic carbocycles. The quantitative estimate of drug-likeness (QED) is 0.774. The van der Waals surface area contributed by atoms with Crippen molar-refractivity contribution in [2.24, 2.45) is 5.41 Å². The van der Waals surface area contributed by atoms with Gasteiger partial charge in [-0.05, 0) is 58.7 Å². The standard InChI is InChI=1S/C21H32N4O2/c1-5-27-16-21(8-11-24-13-10-22-19(24)26)9-12-25(15-21)20(3,4)18-7-6-17(2)23-14-18/h6-7,10,13-14H,5,8-9,11-12,15-16H2,1-4H3,(H,22,26)/t21-/m0/s1. The molecule has 0 radical (unpaired) electrons. The van der Waals surface area contributed by atoms with Gasteiger partial charge in [-0.3, -0.25) is 14.5 Å². The van der Waals surface area contributed by atoms with Crippen LogP contribution in [0.1, 0.15) is 44.9 Å². The number of pyridine rings is 1. The lowest BCUT2D eigenvalue weighted by molar-refractivity contribution is 0.0357. The van der Waals surface area contributed by atoms with Crippen LogP contribution in [0.5, 0.6) is 0 Å². The summed E-state index contributed by atoms with van der Waals surface area (Å²) in [4.78, 5) is 21.6. The van der Waals surface area contributed by atoms with Gasteiger partial charge in [-0.25, -0.2) is 4.79 Å². The molecule has 2 aromatic rings. The predicted octanol–water partition coefficient (Wildman–Crippen LogP) is 2.93. The number of nitrogens with one attached hydrogen (secondary N) is 1. The van der Waals surface area contributed by atoms with E-state index in [0.29, 0.717) is 0 Å². The van der Waals surface area contributed by atoms with Gasteiger partial charge in [0.2, 0.25) is 0 Å². The molecule has 6 heteroatoms. The lowest BCUT2D eigenvalue weighted by Crippen LogP contribution is -2.42. The van der Waals surface area contributed by atoms with Gasteiger partial charge in [-0.15, -0.1) is 0 Å². The summed E-state index contributed by atoms with van der Waals surface area (Å²) in [6.07, 6.45) is 7.53. The van der Waals surface area contributed by atoms with E-state index in [9.17, 15) is 4.79 Å². The fraction of sp³-hybridized carbons (Fsp3) is 0.619. The Morgan fingerprint density at radius 1 is 1.37 bits per heavy atom. The van der Waals surface area contributed by atoms with Gasteiger partial charge in [0, 0.05) is 54.9 Å². The van der Waals surface area contributed by atoms with Gasteiger partial charge in [-0.2, -0.15) is 0 Å². The molecule has 1 fully saturated rings. The van der Waals surface area contributed by atoms with Crippen molar-refractivity contribution in [3.63, 3.8) is 0 Å². The molecule has 6 nitrogen and oxygen atoms in total. The number of nitrogens with zero attached hydrogens (tertiary/aromatic N) is 3. The Kier molecular flexibility index (Phi) is 5.86. The van der Waals surface area contributed by atoms with Crippen LogP contribution in [0, 0.1) is 12.3 Å². The van der Waals surface area contributed by atoms with E-state index in [1.807, 2.05) is 26.2 Å². The number of hydrogen-bond acceptors (Lipinski definition) is 4. The van der Waals surface area contributed by atoms with E-state index in [4.69, 9.17) is 4.74 Å². The second kappa shape index (κ2) is 7.98. The van der Waals surface area contributed by atoms with Crippen LogP contribution in [0.2, 0.25) is 0 Å². The minimum atomic E-state index is -0.0837. The van der Waals surface area contributed by atoms with Gasteiger partial charge in [0.25, 0.3) is 0 Å². The van der Waals surface area contributed by atoms with Crippen LogP contribution in [0.3, 0.4) is 0 Å². The van der Waals surface area contributed by atoms with E-state index >= 15 is 0 Å². The molecular weight excluding hydrogens is 340 g/mol. The minimum Gasteiger partial charge on any atom is -0.381 e. The van der Waals surface area contributed by atoms with E-state index in [0.717, 1.165) is 51.4 Å². The first-order valence-corrected chi connectivity index (χ1v) is 9.86. The fourth-order valence-corrected chi connectivity index (χ4v) is 4.02. The second-order valence-electron chi connectivity index (χ2n) is 8.26. The Labute approximate surface area is 161 Å². The number of hydrogen-bond donors (Lipinski definition) is 1. The monoisotopic (exact) mass is 372 g/mol. The number of aromatic nitrogens is 3. The zero-order valence-corrected chi connectivity index (χ0v) is 17.0. The van der Waals surface area contributed by atoms with Crippen molar-refractivity contribution in [2.45, 2.75) is 52.6 Å². The summed E-state index contributed by atoms with van der Waals surface area (Å²) in [5.41, 5.74) is 2.23. The first-order valence-electron chi connectivity index (χ1n) is 9.86. The van der Waals surface area contributed by atoms with Crippen molar-refractivity contribution in [3.05, 3.63) is 52.5 Å². The maximum Gasteiger partial charge on any atom is 0.325 e. The number of aryl methyl sites for hydroxylation is 2. The number of rotatable bonds is 8. The number of H-pyrrole nitrogens is 1. The molecule has 3 heterocycles. The largest absolute Gasteiger partial charge is 0.381 e. The summed E-state index contributed by atoms with van der Waals surface area (Å²) in [7, 11) is 0. The van der Waals surface area contributed by atoms with Gasteiger partial charge in [0.05, 0.1) is 6.61 Å². The Balaban J connectivity index is 1.75. The maximum absolute atomic E-state index is 11.8. The molecule has 0 bridgehead atoms. The first kappa shape index (κ1) is 19.8. The molecule has 1 N–H and O–H groups in total. The second-order valence-corrected chi connectivity index (χ2v) is 8.26. The average Bonchev–Trinajstić information content (AvgIpc) is 3.26. The van der Waals surface area contributed by atoms with Gasteiger partial charge in [0.1, 0.15) is 0 Å². The molecule has 1 saturated heterocycles. The fourth-order valence-electron chi connectivity index (χ4n) is 4.02. The summed E-state index contributed by atoms with van der Waals surface area (Å²) >= 11 is 0. The number of aromatic amines is 1. The third kappa shape index (κ3) is 4.33. The summed E-state index contributed by atoms with van der Waals surface area (Å²) in [5, 5.41) is 0. The van der Waals surface area contributed by atoms with Crippen LogP contribution < -0.4 is 5.69 Å². The third-order valence-corrected chi connectivity index (χ3v) is 6.06. The summed E-state index contributed by atoms with van der Waals surface area (Å²) in [6, 6.07) is 4.27. The summed E-state index contributed by atoms with van der Waals surface area (Å²) < 4.78 is 7.62. The van der Waals surface area contributed by atoms with Crippen LogP contribution in [-0.4, -0.2) is 45.7 Å². The van der Waals surface area contributed by atoms with E-state index in [-0.39, 0.29) is 16.6 Å². The smallest absolute Gasteiger partial charge is 0.325 e. The molecule has 3 rings (SSSR count). The molecule has 0 aliphatic carbocycles. The normalized spacial score (nSPS) is 21.0. The topological polar surface area (TPSA) is 63.1 Å². The molecule has 0 saturated carbocycles. The highest BCUT2D eigenvalue weighted by Crippen LogP contribution is 2.41. The third-order valence-electron chi connectivity index (χ3n) is 6.06. The average molecular weight is 373 g/mol. The zero-order valence-electron chi connectivity index (χ0n) is 17.0. The number of imidazole rings is 1. The predicted molar refractivity (Wildman–Crippen MR) is 107 cm³/mol. The Morgan fingerprint density at radius 3 is 2.81 bits per heavy atom. The van der Waals surface area contributed by atoms with E-state index in [1.165, 1.54) is 5.56 Å². The van der Waals surface area contributed by atoms with Crippen molar-refractivity contribution < 1.29 is 4.74 Å². The highest BCUT2D eigenvalue weighted by molar-refractivity contribution is 5.22. The molecular formula is C21H32N4O2. The number of likely N-dealkylation sites (tertiary alicyclic amines) is 1. The van der Waals surface area contributed by atoms with Crippen molar-refractivity contribution in [2.75, 3.05) is 26.3 Å². The van der Waals surface area contributed by atoms with Crippen LogP contribution in [0.25, 0.3) is 0 Å². The highest BCUT2D eigenvalue weighted by atomic mass is 16.5. The molecule has 0 amide bonds. The lowest BCUT2D eigenvalue weighted by Gasteiger charge is -2.38. The van der Waals surface area contributed by atoms with E-state index in [1.54, 1.807) is 10.8 Å². The molecule has 1 atom stereocenters. The SMILES string of the molecule is CCOC[C@@]1(CCn2cc[nH]c2=O)CCN(C(C)(C)c2ccc(C)nc2)C1. The zero-order chi connectivity index (χ0) is 19.5. The van der Waals surface area contributed by atoms with Crippen LogP contribution in [0.4, 0.5) is 0 Å². The Bertz CT molecular complexity index is 793. The Hall–Kier alpha value is -1.92. The van der Waals surface area contributed by atoms with Gasteiger partial charge >= 0.3 is 5.69 Å². The van der Waals surface area contributed by atoms with Crippen LogP contribution >= 0.6 is 0 Å².